The Morgan fingerprint density at radius 3 is 2.37 bits per heavy atom. The third kappa shape index (κ3) is 5.22. The summed E-state index contributed by atoms with van der Waals surface area (Å²) >= 11 is 0. The summed E-state index contributed by atoms with van der Waals surface area (Å²) in [5.41, 5.74) is 0.965. The molecule has 0 aliphatic carbocycles. The van der Waals surface area contributed by atoms with E-state index in [-0.39, 0.29) is 37.5 Å². The minimum atomic E-state index is -0.947. The Morgan fingerprint density at radius 1 is 1.10 bits per heavy atom. The minimum Gasteiger partial charge on any atom is -0.619 e. The molecule has 9 nitrogen and oxygen atoms in total. The molecule has 9 heteroatoms. The molecule has 0 N–H and O–H groups in total. The van der Waals surface area contributed by atoms with Crippen molar-refractivity contribution in [2.45, 2.75) is 40.0 Å². The fourth-order valence-corrected chi connectivity index (χ4v) is 3.42. The van der Waals surface area contributed by atoms with Crippen LogP contribution in [0.15, 0.2) is 40.8 Å². The standard InChI is InChI=1S/C21H26N2O7/c1-5-28-16(24)11-15-19(21(26)30-7-3)18(14-9-8-10-23(27)12-14)17(13(4)22-15)20(25)29-6-2/h8-10,12,17-18H,5-7,11H2,1-4H3. The lowest BCUT2D eigenvalue weighted by Gasteiger charge is -2.31. The number of carbonyl (C=O) groups is 3. The molecule has 30 heavy (non-hydrogen) atoms. The van der Waals surface area contributed by atoms with Crippen LogP contribution in [-0.2, 0) is 28.6 Å². The second-order valence-electron chi connectivity index (χ2n) is 6.52. The highest BCUT2D eigenvalue weighted by molar-refractivity contribution is 6.07. The number of rotatable bonds is 8. The molecule has 0 saturated carbocycles. The molecule has 0 aromatic carbocycles. The molecule has 2 atom stereocenters. The number of hydrogen-bond acceptors (Lipinski definition) is 8. The summed E-state index contributed by atoms with van der Waals surface area (Å²) in [6, 6.07) is 3.14. The topological polar surface area (TPSA) is 118 Å². The predicted octanol–water partition coefficient (Wildman–Crippen LogP) is 1.83. The van der Waals surface area contributed by atoms with Gasteiger partial charge in [-0.1, -0.05) is 0 Å². The molecule has 0 radical (unpaired) electrons. The molecule has 0 saturated heterocycles. The van der Waals surface area contributed by atoms with E-state index in [0.717, 1.165) is 0 Å². The molecule has 0 bridgehead atoms. The lowest BCUT2D eigenvalue weighted by Crippen LogP contribution is -2.38. The molecule has 2 rings (SSSR count). The van der Waals surface area contributed by atoms with Crippen LogP contribution < -0.4 is 4.73 Å². The highest BCUT2D eigenvalue weighted by Gasteiger charge is 2.44. The van der Waals surface area contributed by atoms with Crippen LogP contribution in [0.3, 0.4) is 0 Å². The molecule has 0 fully saturated rings. The van der Waals surface area contributed by atoms with E-state index < -0.39 is 29.7 Å². The van der Waals surface area contributed by atoms with E-state index in [4.69, 9.17) is 14.2 Å². The summed E-state index contributed by atoms with van der Waals surface area (Å²) in [6.45, 7) is 7.01. The number of carbonyl (C=O) groups excluding carboxylic acids is 3. The van der Waals surface area contributed by atoms with Crippen molar-refractivity contribution in [3.8, 4) is 0 Å². The van der Waals surface area contributed by atoms with Crippen molar-refractivity contribution in [3.63, 3.8) is 0 Å². The predicted molar refractivity (Wildman–Crippen MR) is 106 cm³/mol. The van der Waals surface area contributed by atoms with E-state index in [2.05, 4.69) is 4.99 Å². The Morgan fingerprint density at radius 2 is 1.77 bits per heavy atom. The highest BCUT2D eigenvalue weighted by Crippen LogP contribution is 2.40. The molecule has 1 aromatic rings. The first-order valence-electron chi connectivity index (χ1n) is 9.80. The lowest BCUT2D eigenvalue weighted by molar-refractivity contribution is -0.605. The molecule has 162 valence electrons. The second-order valence-corrected chi connectivity index (χ2v) is 6.52. The van der Waals surface area contributed by atoms with E-state index >= 15 is 0 Å². The summed E-state index contributed by atoms with van der Waals surface area (Å²) in [5.74, 6) is -3.70. The van der Waals surface area contributed by atoms with Gasteiger partial charge in [-0.15, -0.1) is 0 Å². The van der Waals surface area contributed by atoms with Gasteiger partial charge < -0.3 is 19.4 Å². The number of pyridine rings is 1. The smallest absolute Gasteiger partial charge is 0.336 e. The first-order chi connectivity index (χ1) is 14.3. The Kier molecular flexibility index (Phi) is 8.08. The van der Waals surface area contributed by atoms with Gasteiger partial charge in [-0.2, -0.15) is 4.73 Å². The molecular formula is C21H26N2O7. The number of nitrogens with zero attached hydrogens (tertiary/aromatic N) is 2. The number of esters is 3. The molecule has 0 spiro atoms. The summed E-state index contributed by atoms with van der Waals surface area (Å²) in [5, 5.41) is 11.9. The zero-order chi connectivity index (χ0) is 22.3. The van der Waals surface area contributed by atoms with Gasteiger partial charge in [0.15, 0.2) is 12.4 Å². The molecule has 1 aliphatic heterocycles. The van der Waals surface area contributed by atoms with Gasteiger partial charge in [-0.05, 0) is 33.8 Å². The van der Waals surface area contributed by atoms with Gasteiger partial charge >= 0.3 is 17.9 Å². The van der Waals surface area contributed by atoms with Crippen LogP contribution in [0, 0.1) is 11.1 Å². The van der Waals surface area contributed by atoms with Crippen LogP contribution in [0.2, 0.25) is 0 Å². The normalized spacial score (nSPS) is 18.5. The number of aromatic nitrogens is 1. The average Bonchev–Trinajstić information content (AvgIpc) is 2.67. The summed E-state index contributed by atoms with van der Waals surface area (Å²) in [6.07, 6.45) is 2.30. The van der Waals surface area contributed by atoms with Gasteiger partial charge in [0.25, 0.3) is 0 Å². The Bertz CT molecular complexity index is 876. The number of hydrogen-bond donors (Lipinski definition) is 0. The van der Waals surface area contributed by atoms with Crippen LogP contribution in [0.4, 0.5) is 0 Å². The van der Waals surface area contributed by atoms with Crippen molar-refractivity contribution in [1.82, 2.24) is 0 Å². The maximum absolute atomic E-state index is 12.9. The van der Waals surface area contributed by atoms with Crippen molar-refractivity contribution in [1.29, 1.82) is 0 Å². The average molecular weight is 418 g/mol. The summed E-state index contributed by atoms with van der Waals surface area (Å²) in [7, 11) is 0. The Labute approximate surface area is 174 Å². The maximum Gasteiger partial charge on any atom is 0.336 e. The van der Waals surface area contributed by atoms with Gasteiger partial charge in [0.2, 0.25) is 0 Å². The fraction of sp³-hybridized carbons (Fsp3) is 0.476. The van der Waals surface area contributed by atoms with Gasteiger partial charge in [0, 0.05) is 23.3 Å². The van der Waals surface area contributed by atoms with Crippen LogP contribution >= 0.6 is 0 Å². The van der Waals surface area contributed by atoms with Crippen molar-refractivity contribution >= 4 is 23.6 Å². The van der Waals surface area contributed by atoms with Crippen molar-refractivity contribution in [2.24, 2.45) is 10.9 Å². The van der Waals surface area contributed by atoms with Crippen molar-refractivity contribution in [2.75, 3.05) is 19.8 Å². The molecule has 2 heterocycles. The van der Waals surface area contributed by atoms with E-state index in [1.165, 1.54) is 18.5 Å². The zero-order valence-corrected chi connectivity index (χ0v) is 17.5. The lowest BCUT2D eigenvalue weighted by atomic mass is 9.75. The molecular weight excluding hydrogens is 392 g/mol. The van der Waals surface area contributed by atoms with Gasteiger partial charge in [-0.25, -0.2) is 4.79 Å². The SMILES string of the molecule is CCOC(=O)CC1=C(C(=O)OCC)C(c2ccc[n+]([O-])c2)C(C(=O)OCC)C(C)=N1. The van der Waals surface area contributed by atoms with Gasteiger partial charge in [0.1, 0.15) is 5.92 Å². The quantitative estimate of drug-likeness (QED) is 0.273. The van der Waals surface area contributed by atoms with Crippen LogP contribution in [-0.4, -0.2) is 43.4 Å². The molecule has 2 unspecified atom stereocenters. The molecule has 1 aliphatic rings. The van der Waals surface area contributed by atoms with Crippen LogP contribution in [0.25, 0.3) is 0 Å². The molecule has 0 amide bonds. The minimum absolute atomic E-state index is 0.0414. The second kappa shape index (κ2) is 10.5. The molecule has 1 aromatic heterocycles. The number of ether oxygens (including phenoxy) is 3. The van der Waals surface area contributed by atoms with Crippen molar-refractivity contribution < 1.29 is 33.3 Å². The van der Waals surface area contributed by atoms with Crippen LogP contribution in [0.5, 0.6) is 0 Å². The number of aliphatic imine (C=N–C) groups is 1. The maximum atomic E-state index is 12.9. The highest BCUT2D eigenvalue weighted by atomic mass is 16.5. The Balaban J connectivity index is 2.70. The van der Waals surface area contributed by atoms with E-state index in [1.807, 2.05) is 0 Å². The summed E-state index contributed by atoms with van der Waals surface area (Å²) in [4.78, 5) is 42.2. The van der Waals surface area contributed by atoms with Gasteiger partial charge in [-0.3, -0.25) is 14.6 Å². The third-order valence-corrected chi connectivity index (χ3v) is 4.53. The van der Waals surface area contributed by atoms with Crippen LogP contribution in [0.1, 0.15) is 45.6 Å². The van der Waals surface area contributed by atoms with E-state index in [0.29, 0.717) is 16.0 Å². The Hall–Kier alpha value is -3.23. The first kappa shape index (κ1) is 23.1. The van der Waals surface area contributed by atoms with Crippen molar-refractivity contribution in [3.05, 3.63) is 46.6 Å². The van der Waals surface area contributed by atoms with Gasteiger partial charge in [0.05, 0.1) is 37.5 Å². The fourth-order valence-electron chi connectivity index (χ4n) is 3.42. The first-order valence-corrected chi connectivity index (χ1v) is 9.80. The third-order valence-electron chi connectivity index (χ3n) is 4.53. The monoisotopic (exact) mass is 418 g/mol. The summed E-state index contributed by atoms with van der Waals surface area (Å²) < 4.78 is 16.0. The van der Waals surface area contributed by atoms with E-state index in [1.54, 1.807) is 33.8 Å². The zero-order valence-electron chi connectivity index (χ0n) is 17.5. The largest absolute Gasteiger partial charge is 0.619 e. The van der Waals surface area contributed by atoms with E-state index in [9.17, 15) is 19.6 Å².